The SMILES string of the molecule is CC(O)(CC=O)C(=O)c1ccccc1. The van der Waals surface area contributed by atoms with Crippen LogP contribution in [0.15, 0.2) is 30.3 Å². The Morgan fingerprint density at radius 3 is 2.50 bits per heavy atom. The van der Waals surface area contributed by atoms with Gasteiger partial charge in [0.05, 0.1) is 0 Å². The van der Waals surface area contributed by atoms with Crippen LogP contribution in [-0.4, -0.2) is 22.8 Å². The number of aliphatic hydroxyl groups is 1. The Hall–Kier alpha value is -1.48. The smallest absolute Gasteiger partial charge is 0.194 e. The number of hydrogen-bond acceptors (Lipinski definition) is 3. The lowest BCUT2D eigenvalue weighted by molar-refractivity contribution is -0.110. The van der Waals surface area contributed by atoms with Crippen LogP contribution in [0, 0.1) is 0 Å². The van der Waals surface area contributed by atoms with Crippen LogP contribution < -0.4 is 0 Å². The van der Waals surface area contributed by atoms with E-state index in [-0.39, 0.29) is 6.42 Å². The topological polar surface area (TPSA) is 54.4 Å². The molecule has 3 nitrogen and oxygen atoms in total. The minimum Gasteiger partial charge on any atom is -0.382 e. The molecule has 1 N–H and O–H groups in total. The quantitative estimate of drug-likeness (QED) is 0.576. The fourth-order valence-electron chi connectivity index (χ4n) is 1.16. The minimum atomic E-state index is -1.59. The highest BCUT2D eigenvalue weighted by Gasteiger charge is 2.30. The molecule has 1 rings (SSSR count). The predicted molar refractivity (Wildman–Crippen MR) is 52.1 cm³/mol. The zero-order chi connectivity index (χ0) is 10.6. The van der Waals surface area contributed by atoms with Crippen molar-refractivity contribution < 1.29 is 14.7 Å². The average molecular weight is 192 g/mol. The number of Topliss-reactive ketones (excluding diaryl/α,β-unsaturated/α-hetero) is 1. The number of rotatable bonds is 4. The second-order valence-electron chi connectivity index (χ2n) is 3.34. The standard InChI is InChI=1S/C11H12O3/c1-11(14,7-8-12)10(13)9-5-3-2-4-6-9/h2-6,8,14H,7H2,1H3. The maximum absolute atomic E-state index is 11.6. The lowest BCUT2D eigenvalue weighted by atomic mass is 9.92. The molecule has 1 unspecified atom stereocenters. The molecule has 1 aromatic rings. The molecular weight excluding hydrogens is 180 g/mol. The van der Waals surface area contributed by atoms with Gasteiger partial charge >= 0.3 is 0 Å². The first-order chi connectivity index (χ1) is 6.58. The zero-order valence-electron chi connectivity index (χ0n) is 7.93. The van der Waals surface area contributed by atoms with Crippen molar-refractivity contribution in [3.63, 3.8) is 0 Å². The summed E-state index contributed by atoms with van der Waals surface area (Å²) in [7, 11) is 0. The molecule has 74 valence electrons. The Labute approximate surface area is 82.4 Å². The summed E-state index contributed by atoms with van der Waals surface area (Å²) in [4.78, 5) is 21.9. The summed E-state index contributed by atoms with van der Waals surface area (Å²) in [5.41, 5.74) is -1.18. The van der Waals surface area contributed by atoms with Crippen LogP contribution >= 0.6 is 0 Å². The van der Waals surface area contributed by atoms with E-state index in [0.29, 0.717) is 11.8 Å². The Balaban J connectivity index is 2.90. The molecule has 1 aromatic carbocycles. The number of carbonyl (C=O) groups is 2. The van der Waals surface area contributed by atoms with Gasteiger partial charge in [-0.3, -0.25) is 4.79 Å². The first-order valence-electron chi connectivity index (χ1n) is 4.34. The van der Waals surface area contributed by atoms with Crippen LogP contribution in [0.3, 0.4) is 0 Å². The highest BCUT2D eigenvalue weighted by molar-refractivity contribution is 6.03. The molecule has 0 heterocycles. The Bertz CT molecular complexity index is 328. The van der Waals surface area contributed by atoms with E-state index in [1.165, 1.54) is 6.92 Å². The van der Waals surface area contributed by atoms with Crippen molar-refractivity contribution in [3.8, 4) is 0 Å². The Kier molecular flexibility index (Phi) is 3.14. The predicted octanol–water partition coefficient (Wildman–Crippen LogP) is 1.21. The molecule has 0 saturated carbocycles. The third-order valence-electron chi connectivity index (χ3n) is 2.01. The normalized spacial score (nSPS) is 14.4. The molecule has 0 fully saturated rings. The molecule has 0 saturated heterocycles. The van der Waals surface area contributed by atoms with E-state index >= 15 is 0 Å². The summed E-state index contributed by atoms with van der Waals surface area (Å²) in [6, 6.07) is 8.43. The van der Waals surface area contributed by atoms with Crippen LogP contribution in [0.1, 0.15) is 23.7 Å². The van der Waals surface area contributed by atoms with Gasteiger partial charge in [0, 0.05) is 12.0 Å². The molecule has 0 aliphatic rings. The fraction of sp³-hybridized carbons (Fsp3) is 0.273. The van der Waals surface area contributed by atoms with Gasteiger partial charge in [-0.1, -0.05) is 30.3 Å². The molecular formula is C11H12O3. The van der Waals surface area contributed by atoms with E-state index in [0.717, 1.165) is 0 Å². The summed E-state index contributed by atoms with van der Waals surface area (Å²) in [5, 5.41) is 9.66. The van der Waals surface area contributed by atoms with Crippen molar-refractivity contribution in [2.75, 3.05) is 0 Å². The number of aldehydes is 1. The summed E-state index contributed by atoms with van der Waals surface area (Å²) < 4.78 is 0. The number of ketones is 1. The van der Waals surface area contributed by atoms with E-state index in [9.17, 15) is 14.7 Å². The largest absolute Gasteiger partial charge is 0.382 e. The second kappa shape index (κ2) is 4.15. The molecule has 1 atom stereocenters. The third kappa shape index (κ3) is 2.26. The van der Waals surface area contributed by atoms with Gasteiger partial charge < -0.3 is 9.90 Å². The molecule has 0 aliphatic carbocycles. The van der Waals surface area contributed by atoms with Crippen molar-refractivity contribution in [1.29, 1.82) is 0 Å². The molecule has 0 aromatic heterocycles. The summed E-state index contributed by atoms with van der Waals surface area (Å²) in [5.74, 6) is -0.426. The molecule has 0 amide bonds. The number of benzene rings is 1. The monoisotopic (exact) mass is 192 g/mol. The minimum absolute atomic E-state index is 0.180. The van der Waals surface area contributed by atoms with Crippen molar-refractivity contribution >= 4 is 12.1 Å². The van der Waals surface area contributed by atoms with Gasteiger partial charge in [-0.25, -0.2) is 0 Å². The molecule has 14 heavy (non-hydrogen) atoms. The molecule has 0 aliphatic heterocycles. The maximum Gasteiger partial charge on any atom is 0.194 e. The van der Waals surface area contributed by atoms with Crippen molar-refractivity contribution in [1.82, 2.24) is 0 Å². The van der Waals surface area contributed by atoms with Crippen LogP contribution in [0.2, 0.25) is 0 Å². The summed E-state index contributed by atoms with van der Waals surface area (Å²) in [6.07, 6.45) is 0.363. The lowest BCUT2D eigenvalue weighted by Crippen LogP contribution is -2.35. The van der Waals surface area contributed by atoms with Crippen molar-refractivity contribution in [2.24, 2.45) is 0 Å². The number of carbonyl (C=O) groups excluding carboxylic acids is 2. The number of hydrogen-bond donors (Lipinski definition) is 1. The van der Waals surface area contributed by atoms with E-state index < -0.39 is 11.4 Å². The molecule has 0 bridgehead atoms. The molecule has 0 spiro atoms. The maximum atomic E-state index is 11.6. The van der Waals surface area contributed by atoms with Crippen LogP contribution in [-0.2, 0) is 4.79 Å². The lowest BCUT2D eigenvalue weighted by Gasteiger charge is -2.18. The first-order valence-corrected chi connectivity index (χ1v) is 4.34. The highest BCUT2D eigenvalue weighted by Crippen LogP contribution is 2.15. The van der Waals surface area contributed by atoms with Gasteiger partial charge in [-0.2, -0.15) is 0 Å². The van der Waals surface area contributed by atoms with E-state index in [1.807, 2.05) is 0 Å². The van der Waals surface area contributed by atoms with E-state index in [1.54, 1.807) is 30.3 Å². The van der Waals surface area contributed by atoms with Crippen LogP contribution in [0.25, 0.3) is 0 Å². The Morgan fingerprint density at radius 2 is 2.00 bits per heavy atom. The first kappa shape index (κ1) is 10.6. The van der Waals surface area contributed by atoms with Gasteiger partial charge in [0.15, 0.2) is 5.78 Å². The van der Waals surface area contributed by atoms with E-state index in [4.69, 9.17) is 0 Å². The molecule has 0 radical (unpaired) electrons. The summed E-state index contributed by atoms with van der Waals surface area (Å²) in [6.45, 7) is 1.34. The van der Waals surface area contributed by atoms with E-state index in [2.05, 4.69) is 0 Å². The Morgan fingerprint density at radius 1 is 1.43 bits per heavy atom. The van der Waals surface area contributed by atoms with Gasteiger partial charge in [-0.15, -0.1) is 0 Å². The second-order valence-corrected chi connectivity index (χ2v) is 3.34. The van der Waals surface area contributed by atoms with Gasteiger partial charge in [0.25, 0.3) is 0 Å². The van der Waals surface area contributed by atoms with Crippen molar-refractivity contribution in [3.05, 3.63) is 35.9 Å². The fourth-order valence-corrected chi connectivity index (χ4v) is 1.16. The van der Waals surface area contributed by atoms with Crippen LogP contribution in [0.4, 0.5) is 0 Å². The van der Waals surface area contributed by atoms with Gasteiger partial charge in [0.1, 0.15) is 11.9 Å². The summed E-state index contributed by atoms with van der Waals surface area (Å²) >= 11 is 0. The third-order valence-corrected chi connectivity index (χ3v) is 2.01. The highest BCUT2D eigenvalue weighted by atomic mass is 16.3. The zero-order valence-corrected chi connectivity index (χ0v) is 7.93. The van der Waals surface area contributed by atoms with Gasteiger partial charge in [0.2, 0.25) is 0 Å². The molecule has 3 heteroatoms. The van der Waals surface area contributed by atoms with Crippen LogP contribution in [0.5, 0.6) is 0 Å². The van der Waals surface area contributed by atoms with Crippen molar-refractivity contribution in [2.45, 2.75) is 18.9 Å². The average Bonchev–Trinajstić information content (AvgIpc) is 2.18. The van der Waals surface area contributed by atoms with Gasteiger partial charge in [-0.05, 0) is 6.92 Å².